The Bertz CT molecular complexity index is 234. The second kappa shape index (κ2) is 4.67. The molecule has 0 radical (unpaired) electrons. The molecule has 0 amide bonds. The molecule has 1 N–H and O–H groups in total. The molecule has 0 saturated heterocycles. The van der Waals surface area contributed by atoms with Crippen molar-refractivity contribution in [3.63, 3.8) is 0 Å². The van der Waals surface area contributed by atoms with Gasteiger partial charge >= 0.3 is 0 Å². The number of halogens is 1. The summed E-state index contributed by atoms with van der Waals surface area (Å²) in [7, 11) is 0. The van der Waals surface area contributed by atoms with Gasteiger partial charge < -0.3 is 9.73 Å². The van der Waals surface area contributed by atoms with Crippen molar-refractivity contribution in [1.29, 1.82) is 0 Å². The van der Waals surface area contributed by atoms with Crippen molar-refractivity contribution in [3.8, 4) is 0 Å². The molecule has 1 aromatic rings. The lowest BCUT2D eigenvalue weighted by atomic mass is 10.2. The smallest absolute Gasteiger partial charge is 0.169 e. The summed E-state index contributed by atoms with van der Waals surface area (Å²) in [5.74, 6) is 1.01. The van der Waals surface area contributed by atoms with Gasteiger partial charge in [0.1, 0.15) is 5.76 Å². The van der Waals surface area contributed by atoms with Crippen molar-refractivity contribution < 1.29 is 4.42 Å². The molecule has 1 aromatic heterocycles. The first-order valence-electron chi connectivity index (χ1n) is 4.26. The second-order valence-electron chi connectivity index (χ2n) is 2.66. The summed E-state index contributed by atoms with van der Waals surface area (Å²) in [6.45, 7) is 5.21. The van der Waals surface area contributed by atoms with Crippen LogP contribution in [-0.4, -0.2) is 6.54 Å². The lowest BCUT2D eigenvalue weighted by molar-refractivity contribution is 0.400. The summed E-state index contributed by atoms with van der Waals surface area (Å²) in [6, 6.07) is 4.28. The molecule has 12 heavy (non-hydrogen) atoms. The summed E-state index contributed by atoms with van der Waals surface area (Å²) in [5.41, 5.74) is 0. The van der Waals surface area contributed by atoms with Crippen molar-refractivity contribution in [2.75, 3.05) is 6.54 Å². The molecule has 1 atom stereocenters. The topological polar surface area (TPSA) is 25.2 Å². The summed E-state index contributed by atoms with van der Waals surface area (Å²) in [6.07, 6.45) is 1.05. The third kappa shape index (κ3) is 2.35. The molecule has 68 valence electrons. The van der Waals surface area contributed by atoms with E-state index in [4.69, 9.17) is 4.42 Å². The molecule has 3 heteroatoms. The van der Waals surface area contributed by atoms with Gasteiger partial charge in [0.25, 0.3) is 0 Å². The van der Waals surface area contributed by atoms with Crippen LogP contribution in [0.4, 0.5) is 0 Å². The van der Waals surface area contributed by atoms with Gasteiger partial charge in [0, 0.05) is 0 Å². The van der Waals surface area contributed by atoms with E-state index in [0.29, 0.717) is 6.04 Å². The van der Waals surface area contributed by atoms with Crippen LogP contribution in [0.1, 0.15) is 32.1 Å². The minimum atomic E-state index is 0.348. The number of rotatable bonds is 4. The molecule has 1 heterocycles. The summed E-state index contributed by atoms with van der Waals surface area (Å²) >= 11 is 3.29. The van der Waals surface area contributed by atoms with Gasteiger partial charge in [-0.05, 0) is 41.0 Å². The molecule has 0 aliphatic carbocycles. The van der Waals surface area contributed by atoms with Crippen LogP contribution in [0.15, 0.2) is 21.2 Å². The van der Waals surface area contributed by atoms with Crippen LogP contribution in [-0.2, 0) is 0 Å². The Labute approximate surface area is 81.5 Å². The first-order chi connectivity index (χ1) is 5.77. The first-order valence-corrected chi connectivity index (χ1v) is 5.05. The molecule has 0 aliphatic heterocycles. The fourth-order valence-electron chi connectivity index (χ4n) is 1.21. The number of furan rings is 1. The highest BCUT2D eigenvalue weighted by Gasteiger charge is 2.10. The van der Waals surface area contributed by atoms with Crippen LogP contribution >= 0.6 is 15.9 Å². The molecule has 0 saturated carbocycles. The van der Waals surface area contributed by atoms with Gasteiger partial charge in [0.15, 0.2) is 4.67 Å². The zero-order valence-corrected chi connectivity index (χ0v) is 9.02. The normalized spacial score (nSPS) is 13.2. The van der Waals surface area contributed by atoms with Crippen LogP contribution in [0.25, 0.3) is 0 Å². The maximum absolute atomic E-state index is 5.44. The SMILES string of the molecule is CCNC(CC)c1ccc(Br)o1. The van der Waals surface area contributed by atoms with Gasteiger partial charge in [-0.25, -0.2) is 0 Å². The van der Waals surface area contributed by atoms with Gasteiger partial charge in [-0.2, -0.15) is 0 Å². The van der Waals surface area contributed by atoms with Gasteiger partial charge in [0.2, 0.25) is 0 Å². The zero-order valence-electron chi connectivity index (χ0n) is 7.43. The fourth-order valence-corrected chi connectivity index (χ4v) is 1.53. The molecule has 0 aliphatic rings. The van der Waals surface area contributed by atoms with E-state index in [1.807, 2.05) is 12.1 Å². The van der Waals surface area contributed by atoms with Crippen LogP contribution in [0.2, 0.25) is 0 Å². The van der Waals surface area contributed by atoms with Gasteiger partial charge in [0.05, 0.1) is 6.04 Å². The zero-order chi connectivity index (χ0) is 8.97. The minimum absolute atomic E-state index is 0.348. The molecule has 2 nitrogen and oxygen atoms in total. The summed E-state index contributed by atoms with van der Waals surface area (Å²) in [4.78, 5) is 0. The number of hydrogen-bond donors (Lipinski definition) is 1. The van der Waals surface area contributed by atoms with E-state index in [-0.39, 0.29) is 0 Å². The first kappa shape index (κ1) is 9.81. The average molecular weight is 232 g/mol. The second-order valence-corrected chi connectivity index (χ2v) is 3.44. The van der Waals surface area contributed by atoms with E-state index in [2.05, 4.69) is 35.1 Å². The van der Waals surface area contributed by atoms with Crippen LogP contribution in [0.5, 0.6) is 0 Å². The molecule has 1 unspecified atom stereocenters. The van der Waals surface area contributed by atoms with E-state index in [0.717, 1.165) is 23.4 Å². The minimum Gasteiger partial charge on any atom is -0.453 e. The Morgan fingerprint density at radius 2 is 2.25 bits per heavy atom. The van der Waals surface area contributed by atoms with Crippen LogP contribution in [0, 0.1) is 0 Å². The Hall–Kier alpha value is -0.280. The monoisotopic (exact) mass is 231 g/mol. The average Bonchev–Trinajstić information content (AvgIpc) is 2.47. The number of hydrogen-bond acceptors (Lipinski definition) is 2. The Morgan fingerprint density at radius 3 is 2.67 bits per heavy atom. The van der Waals surface area contributed by atoms with Crippen molar-refractivity contribution >= 4 is 15.9 Å². The van der Waals surface area contributed by atoms with Crippen molar-refractivity contribution in [3.05, 3.63) is 22.6 Å². The van der Waals surface area contributed by atoms with Crippen LogP contribution in [0.3, 0.4) is 0 Å². The molecular formula is C9H14BrNO. The largest absolute Gasteiger partial charge is 0.453 e. The molecule has 0 spiro atoms. The lowest BCUT2D eigenvalue weighted by Crippen LogP contribution is -2.19. The highest BCUT2D eigenvalue weighted by molar-refractivity contribution is 9.10. The van der Waals surface area contributed by atoms with Gasteiger partial charge in [-0.1, -0.05) is 13.8 Å². The highest BCUT2D eigenvalue weighted by Crippen LogP contribution is 2.22. The lowest BCUT2D eigenvalue weighted by Gasteiger charge is -2.11. The maximum Gasteiger partial charge on any atom is 0.169 e. The fraction of sp³-hybridized carbons (Fsp3) is 0.556. The van der Waals surface area contributed by atoms with E-state index >= 15 is 0 Å². The van der Waals surface area contributed by atoms with Crippen molar-refractivity contribution in [1.82, 2.24) is 5.32 Å². The molecular weight excluding hydrogens is 218 g/mol. The predicted octanol–water partition coefficient (Wildman–Crippen LogP) is 3.10. The van der Waals surface area contributed by atoms with E-state index in [1.165, 1.54) is 0 Å². The third-order valence-corrected chi connectivity index (χ3v) is 2.22. The van der Waals surface area contributed by atoms with Crippen molar-refractivity contribution in [2.24, 2.45) is 0 Å². The Morgan fingerprint density at radius 1 is 1.50 bits per heavy atom. The standard InChI is InChI=1S/C9H14BrNO/c1-3-7(11-4-2)8-5-6-9(10)12-8/h5-7,11H,3-4H2,1-2H3. The van der Waals surface area contributed by atoms with Gasteiger partial charge in [-0.3, -0.25) is 0 Å². The van der Waals surface area contributed by atoms with E-state index < -0.39 is 0 Å². The molecule has 1 rings (SSSR count). The van der Waals surface area contributed by atoms with Crippen LogP contribution < -0.4 is 5.32 Å². The quantitative estimate of drug-likeness (QED) is 0.862. The highest BCUT2D eigenvalue weighted by atomic mass is 79.9. The third-order valence-electron chi connectivity index (χ3n) is 1.80. The predicted molar refractivity (Wildman–Crippen MR) is 53.1 cm³/mol. The van der Waals surface area contributed by atoms with E-state index in [9.17, 15) is 0 Å². The van der Waals surface area contributed by atoms with Crippen molar-refractivity contribution in [2.45, 2.75) is 26.3 Å². The number of nitrogens with one attached hydrogen (secondary N) is 1. The maximum atomic E-state index is 5.44. The Kier molecular flexibility index (Phi) is 3.82. The summed E-state index contributed by atoms with van der Waals surface area (Å²) < 4.78 is 6.24. The molecule has 0 aromatic carbocycles. The Balaban J connectivity index is 2.66. The molecule has 0 fully saturated rings. The molecule has 0 bridgehead atoms. The van der Waals surface area contributed by atoms with E-state index in [1.54, 1.807) is 0 Å². The summed E-state index contributed by atoms with van der Waals surface area (Å²) in [5, 5.41) is 3.35. The van der Waals surface area contributed by atoms with Gasteiger partial charge in [-0.15, -0.1) is 0 Å².